The Morgan fingerprint density at radius 1 is 1.28 bits per heavy atom. The van der Waals surface area contributed by atoms with Gasteiger partial charge in [0.05, 0.1) is 20.1 Å². The van der Waals surface area contributed by atoms with Crippen molar-refractivity contribution in [2.75, 3.05) is 19.1 Å². The topological polar surface area (TPSA) is 103 Å². The molecule has 0 aliphatic heterocycles. The van der Waals surface area contributed by atoms with Gasteiger partial charge in [0.1, 0.15) is 0 Å². The summed E-state index contributed by atoms with van der Waals surface area (Å²) >= 11 is 0. The number of ether oxygens (including phenoxy) is 2. The number of nitrogens with one attached hydrogen (secondary N) is 1. The van der Waals surface area contributed by atoms with Crippen LogP contribution in [0.4, 0.5) is 5.88 Å². The fourth-order valence-electron chi connectivity index (χ4n) is 1.94. The molecule has 0 unspecified atom stereocenters. The van der Waals surface area contributed by atoms with Crippen molar-refractivity contribution in [3.63, 3.8) is 0 Å². The molecule has 0 amide bonds. The maximum Gasteiger partial charge on any atom is 0.362 e. The molecule has 1 heterocycles. The zero-order chi connectivity index (χ0) is 18.2. The number of nitrogens with zero attached hydrogens (tertiary/aromatic N) is 2. The van der Waals surface area contributed by atoms with Crippen molar-refractivity contribution >= 4 is 23.5 Å². The zero-order valence-corrected chi connectivity index (χ0v) is 14.2. The Balaban J connectivity index is 2.22. The summed E-state index contributed by atoms with van der Waals surface area (Å²) in [6, 6.07) is 9.10. The van der Waals surface area contributed by atoms with Gasteiger partial charge in [-0.2, -0.15) is 10.1 Å². The lowest BCUT2D eigenvalue weighted by atomic mass is 10.2. The highest BCUT2D eigenvalue weighted by Crippen LogP contribution is 2.26. The molecule has 132 valence electrons. The van der Waals surface area contributed by atoms with E-state index >= 15 is 0 Å². The Morgan fingerprint density at radius 2 is 2.00 bits per heavy atom. The van der Waals surface area contributed by atoms with E-state index < -0.39 is 5.97 Å². The Labute approximate surface area is 144 Å². The third kappa shape index (κ3) is 4.90. The van der Waals surface area contributed by atoms with E-state index in [1.54, 1.807) is 26.0 Å². The van der Waals surface area contributed by atoms with Gasteiger partial charge >= 0.3 is 11.9 Å². The van der Waals surface area contributed by atoms with Gasteiger partial charge in [0.25, 0.3) is 0 Å². The summed E-state index contributed by atoms with van der Waals surface area (Å²) in [7, 11) is 1.25. The number of anilines is 1. The summed E-state index contributed by atoms with van der Waals surface area (Å²) in [5, 5.41) is 4.03. The molecule has 1 aromatic heterocycles. The largest absolute Gasteiger partial charge is 0.466 e. The Kier molecular flexibility index (Phi) is 6.27. The number of oxazole rings is 1. The number of hydrazone groups is 1. The second-order valence-corrected chi connectivity index (χ2v) is 5.00. The minimum absolute atomic E-state index is 0.0219. The van der Waals surface area contributed by atoms with Crippen molar-refractivity contribution in [3.8, 4) is 11.5 Å². The van der Waals surface area contributed by atoms with Crippen molar-refractivity contribution in [3.05, 3.63) is 36.0 Å². The molecule has 25 heavy (non-hydrogen) atoms. The molecule has 0 atom stereocenters. The van der Waals surface area contributed by atoms with Gasteiger partial charge in [0, 0.05) is 11.3 Å². The van der Waals surface area contributed by atoms with Crippen LogP contribution in [0, 0.1) is 0 Å². The van der Waals surface area contributed by atoms with Crippen LogP contribution in [0.25, 0.3) is 11.5 Å². The molecular weight excluding hydrogens is 326 g/mol. The summed E-state index contributed by atoms with van der Waals surface area (Å²) in [6.45, 7) is 3.68. The SMILES string of the molecule is CCOC(=O)CC(C)=NNc1oc(-c2ccccc2)nc1C(=O)OC. The van der Waals surface area contributed by atoms with E-state index in [0.29, 0.717) is 17.9 Å². The minimum Gasteiger partial charge on any atom is -0.466 e. The third-order valence-electron chi connectivity index (χ3n) is 3.08. The molecular formula is C17H19N3O5. The number of benzene rings is 1. The normalized spacial score (nSPS) is 11.1. The van der Waals surface area contributed by atoms with Crippen molar-refractivity contribution in [2.24, 2.45) is 5.10 Å². The molecule has 0 radical (unpaired) electrons. The predicted octanol–water partition coefficient (Wildman–Crippen LogP) is 2.87. The first-order chi connectivity index (χ1) is 12.0. The molecule has 1 N–H and O–H groups in total. The monoisotopic (exact) mass is 345 g/mol. The van der Waals surface area contributed by atoms with Gasteiger partial charge in [0.2, 0.25) is 17.5 Å². The molecule has 1 aromatic carbocycles. The molecule has 0 aliphatic rings. The van der Waals surface area contributed by atoms with Gasteiger partial charge in [-0.3, -0.25) is 4.79 Å². The predicted molar refractivity (Wildman–Crippen MR) is 91.3 cm³/mol. The molecule has 0 fully saturated rings. The Hall–Kier alpha value is -3.16. The summed E-state index contributed by atoms with van der Waals surface area (Å²) in [5.41, 5.74) is 3.75. The number of carbonyl (C=O) groups excluding carboxylic acids is 2. The van der Waals surface area contributed by atoms with Gasteiger partial charge in [-0.1, -0.05) is 18.2 Å². The van der Waals surface area contributed by atoms with E-state index in [1.807, 2.05) is 18.2 Å². The average molecular weight is 345 g/mol. The molecule has 0 bridgehead atoms. The number of hydrogen-bond donors (Lipinski definition) is 1. The third-order valence-corrected chi connectivity index (χ3v) is 3.08. The first kappa shape index (κ1) is 18.2. The van der Waals surface area contributed by atoms with E-state index in [1.165, 1.54) is 7.11 Å². The number of carbonyl (C=O) groups is 2. The summed E-state index contributed by atoms with van der Waals surface area (Å²) in [5.74, 6) is -0.761. The molecule has 8 nitrogen and oxygen atoms in total. The van der Waals surface area contributed by atoms with Crippen molar-refractivity contribution in [1.82, 2.24) is 4.98 Å². The van der Waals surface area contributed by atoms with Gasteiger partial charge in [-0.15, -0.1) is 0 Å². The molecule has 2 rings (SSSR count). The number of aromatic nitrogens is 1. The first-order valence-electron chi connectivity index (χ1n) is 7.64. The number of esters is 2. The van der Waals surface area contributed by atoms with E-state index in [2.05, 4.69) is 15.5 Å². The van der Waals surface area contributed by atoms with Crippen LogP contribution in [0.3, 0.4) is 0 Å². The highest BCUT2D eigenvalue weighted by Gasteiger charge is 2.21. The standard InChI is InChI=1S/C17H19N3O5/c1-4-24-13(21)10-11(2)19-20-16-14(17(22)23-3)18-15(25-16)12-8-6-5-7-9-12/h5-9,20H,4,10H2,1-3H3. The lowest BCUT2D eigenvalue weighted by molar-refractivity contribution is -0.141. The second kappa shape index (κ2) is 8.62. The first-order valence-corrected chi connectivity index (χ1v) is 7.64. The van der Waals surface area contributed by atoms with E-state index in [4.69, 9.17) is 13.9 Å². The highest BCUT2D eigenvalue weighted by atomic mass is 16.5. The number of methoxy groups -OCH3 is 1. The van der Waals surface area contributed by atoms with Crippen molar-refractivity contribution in [2.45, 2.75) is 20.3 Å². The Bertz CT molecular complexity index is 768. The van der Waals surface area contributed by atoms with E-state index in [0.717, 1.165) is 0 Å². The molecule has 0 saturated carbocycles. The highest BCUT2D eigenvalue weighted by molar-refractivity contribution is 5.98. The van der Waals surface area contributed by atoms with Crippen LogP contribution in [0.1, 0.15) is 30.8 Å². The number of hydrogen-bond acceptors (Lipinski definition) is 8. The average Bonchev–Trinajstić information content (AvgIpc) is 3.04. The van der Waals surface area contributed by atoms with Crippen LogP contribution in [0.2, 0.25) is 0 Å². The zero-order valence-electron chi connectivity index (χ0n) is 14.2. The summed E-state index contributed by atoms with van der Waals surface area (Å²) in [6.07, 6.45) is 0.0219. The van der Waals surface area contributed by atoms with Crippen LogP contribution in [0.15, 0.2) is 39.9 Å². The molecule has 2 aromatic rings. The van der Waals surface area contributed by atoms with Crippen LogP contribution >= 0.6 is 0 Å². The molecule has 0 spiro atoms. The van der Waals surface area contributed by atoms with Gasteiger partial charge < -0.3 is 13.9 Å². The van der Waals surface area contributed by atoms with E-state index in [-0.39, 0.29) is 29.9 Å². The molecule has 0 aliphatic carbocycles. The lowest BCUT2D eigenvalue weighted by Gasteiger charge is -2.02. The smallest absolute Gasteiger partial charge is 0.362 e. The minimum atomic E-state index is -0.660. The van der Waals surface area contributed by atoms with Crippen LogP contribution < -0.4 is 5.43 Å². The van der Waals surface area contributed by atoms with Gasteiger partial charge in [0.15, 0.2) is 0 Å². The summed E-state index contributed by atoms with van der Waals surface area (Å²) in [4.78, 5) is 27.5. The van der Waals surface area contributed by atoms with Crippen LogP contribution in [0.5, 0.6) is 0 Å². The summed E-state index contributed by atoms with van der Waals surface area (Å²) < 4.78 is 15.1. The quantitative estimate of drug-likeness (QED) is 0.467. The van der Waals surface area contributed by atoms with Crippen molar-refractivity contribution < 1.29 is 23.5 Å². The fourth-order valence-corrected chi connectivity index (χ4v) is 1.94. The van der Waals surface area contributed by atoms with Crippen LogP contribution in [-0.4, -0.2) is 36.4 Å². The maximum absolute atomic E-state index is 11.9. The maximum atomic E-state index is 11.9. The Morgan fingerprint density at radius 3 is 2.64 bits per heavy atom. The fraction of sp³-hybridized carbons (Fsp3) is 0.294. The second-order valence-electron chi connectivity index (χ2n) is 5.00. The van der Waals surface area contributed by atoms with Crippen molar-refractivity contribution in [1.29, 1.82) is 0 Å². The lowest BCUT2D eigenvalue weighted by Crippen LogP contribution is -2.10. The number of rotatable bonds is 7. The van der Waals surface area contributed by atoms with E-state index in [9.17, 15) is 9.59 Å². The van der Waals surface area contributed by atoms with Gasteiger partial charge in [-0.25, -0.2) is 10.2 Å². The molecule has 0 saturated heterocycles. The van der Waals surface area contributed by atoms with Gasteiger partial charge in [-0.05, 0) is 26.0 Å². The van der Waals surface area contributed by atoms with Crippen LogP contribution in [-0.2, 0) is 14.3 Å². The molecule has 8 heteroatoms.